The van der Waals surface area contributed by atoms with E-state index in [0.29, 0.717) is 23.7 Å². The van der Waals surface area contributed by atoms with E-state index in [4.69, 9.17) is 4.42 Å². The van der Waals surface area contributed by atoms with Crippen molar-refractivity contribution >= 4 is 32.7 Å². The molecule has 0 saturated carbocycles. The quantitative estimate of drug-likeness (QED) is 0.422. The number of sulfonamides is 1. The third-order valence-corrected chi connectivity index (χ3v) is 8.18. The van der Waals surface area contributed by atoms with Gasteiger partial charge in [-0.2, -0.15) is 4.31 Å². The Bertz CT molecular complexity index is 1390. The van der Waals surface area contributed by atoms with Crippen LogP contribution in [0.15, 0.2) is 82.1 Å². The van der Waals surface area contributed by atoms with E-state index in [1.54, 1.807) is 28.6 Å². The zero-order valence-corrected chi connectivity index (χ0v) is 19.6. The summed E-state index contributed by atoms with van der Waals surface area (Å²) in [7, 11) is -3.57. The highest BCUT2D eigenvalue weighted by molar-refractivity contribution is 7.89. The standard InChI is InChI=1S/C26H25N3O4S/c1-18-6-4-5-17-29(18)34(31,32)22-15-11-19(12-16-22)25(30)27-21-13-9-20(10-14-21)26-28-23-7-2-3-8-24(23)33-26/h2-3,7-16,18H,4-6,17H2,1H3,(H,27,30). The number of benzene rings is 3. The predicted molar refractivity (Wildman–Crippen MR) is 131 cm³/mol. The minimum absolute atomic E-state index is 0.0144. The highest BCUT2D eigenvalue weighted by Gasteiger charge is 2.30. The van der Waals surface area contributed by atoms with Gasteiger partial charge in [-0.3, -0.25) is 4.79 Å². The van der Waals surface area contributed by atoms with Gasteiger partial charge < -0.3 is 9.73 Å². The van der Waals surface area contributed by atoms with E-state index >= 15 is 0 Å². The van der Waals surface area contributed by atoms with Crippen molar-refractivity contribution in [1.29, 1.82) is 0 Å². The van der Waals surface area contributed by atoms with Crippen LogP contribution in [0.2, 0.25) is 0 Å². The maximum atomic E-state index is 13.0. The van der Waals surface area contributed by atoms with Crippen molar-refractivity contribution in [2.75, 3.05) is 11.9 Å². The SMILES string of the molecule is CC1CCCCN1S(=O)(=O)c1ccc(C(=O)Nc2ccc(-c3nc4ccccc4o3)cc2)cc1. The van der Waals surface area contributed by atoms with Crippen molar-refractivity contribution < 1.29 is 17.6 Å². The second-order valence-electron chi connectivity index (χ2n) is 8.50. The molecule has 1 N–H and O–H groups in total. The van der Waals surface area contributed by atoms with Gasteiger partial charge >= 0.3 is 0 Å². The first kappa shape index (κ1) is 22.3. The highest BCUT2D eigenvalue weighted by atomic mass is 32.2. The lowest BCUT2D eigenvalue weighted by Gasteiger charge is -2.32. The van der Waals surface area contributed by atoms with Gasteiger partial charge in [-0.25, -0.2) is 13.4 Å². The lowest BCUT2D eigenvalue weighted by Crippen LogP contribution is -2.41. The number of rotatable bonds is 5. The van der Waals surface area contributed by atoms with Crippen LogP contribution in [0.1, 0.15) is 36.5 Å². The number of carbonyl (C=O) groups excluding carboxylic acids is 1. The number of fused-ring (bicyclic) bond motifs is 1. The van der Waals surface area contributed by atoms with Gasteiger partial charge in [-0.1, -0.05) is 18.6 Å². The van der Waals surface area contributed by atoms with Crippen molar-refractivity contribution in [2.24, 2.45) is 0 Å². The Morgan fingerprint density at radius 3 is 2.44 bits per heavy atom. The van der Waals surface area contributed by atoms with E-state index in [9.17, 15) is 13.2 Å². The number of aromatic nitrogens is 1. The maximum Gasteiger partial charge on any atom is 0.255 e. The molecule has 1 aliphatic heterocycles. The molecule has 1 aromatic heterocycles. The van der Waals surface area contributed by atoms with Gasteiger partial charge in [-0.05, 0) is 80.4 Å². The van der Waals surface area contributed by atoms with Gasteiger partial charge in [0.05, 0.1) is 4.90 Å². The molecule has 1 saturated heterocycles. The molecule has 0 spiro atoms. The number of carbonyl (C=O) groups is 1. The number of nitrogens with one attached hydrogen (secondary N) is 1. The third kappa shape index (κ3) is 4.34. The van der Waals surface area contributed by atoms with Gasteiger partial charge in [0.15, 0.2) is 5.58 Å². The molecule has 34 heavy (non-hydrogen) atoms. The average Bonchev–Trinajstić information content (AvgIpc) is 3.29. The van der Waals surface area contributed by atoms with Crippen LogP contribution in [0, 0.1) is 0 Å². The predicted octanol–water partition coefficient (Wildman–Crippen LogP) is 5.31. The Kier molecular flexibility index (Phi) is 5.93. The molecule has 5 rings (SSSR count). The zero-order chi connectivity index (χ0) is 23.7. The molecule has 8 heteroatoms. The van der Waals surface area contributed by atoms with E-state index < -0.39 is 10.0 Å². The Labute approximate surface area is 198 Å². The molecule has 0 aliphatic carbocycles. The fourth-order valence-corrected chi connectivity index (χ4v) is 5.94. The number of nitrogens with zero attached hydrogens (tertiary/aromatic N) is 2. The average molecular weight is 476 g/mol. The van der Waals surface area contributed by atoms with Crippen molar-refractivity contribution in [3.8, 4) is 11.5 Å². The second-order valence-corrected chi connectivity index (χ2v) is 10.4. The number of hydrogen-bond donors (Lipinski definition) is 1. The first-order chi connectivity index (χ1) is 16.4. The van der Waals surface area contributed by atoms with E-state index in [-0.39, 0.29) is 16.8 Å². The number of oxazole rings is 1. The monoisotopic (exact) mass is 475 g/mol. The third-order valence-electron chi connectivity index (χ3n) is 6.15. The molecule has 2 heterocycles. The first-order valence-corrected chi connectivity index (χ1v) is 12.7. The first-order valence-electron chi connectivity index (χ1n) is 11.3. The number of amides is 1. The molecular formula is C26H25N3O4S. The van der Waals surface area contributed by atoms with E-state index in [0.717, 1.165) is 35.9 Å². The van der Waals surface area contributed by atoms with Crippen LogP contribution in [-0.4, -0.2) is 36.2 Å². The van der Waals surface area contributed by atoms with Crippen LogP contribution >= 0.6 is 0 Å². The van der Waals surface area contributed by atoms with E-state index in [1.807, 2.05) is 43.3 Å². The number of anilines is 1. The van der Waals surface area contributed by atoms with Gasteiger partial charge in [0.2, 0.25) is 15.9 Å². The molecule has 1 unspecified atom stereocenters. The lowest BCUT2D eigenvalue weighted by atomic mass is 10.1. The Morgan fingerprint density at radius 2 is 1.74 bits per heavy atom. The van der Waals surface area contributed by atoms with Crippen LogP contribution in [0.4, 0.5) is 5.69 Å². The molecule has 1 atom stereocenters. The summed E-state index contributed by atoms with van der Waals surface area (Å²) < 4.78 is 33.3. The fourth-order valence-electron chi connectivity index (χ4n) is 4.24. The van der Waals surface area contributed by atoms with E-state index in [2.05, 4.69) is 10.3 Å². The summed E-state index contributed by atoms with van der Waals surface area (Å²) >= 11 is 0. The van der Waals surface area contributed by atoms with Gasteiger partial charge in [0.1, 0.15) is 5.52 Å². The highest BCUT2D eigenvalue weighted by Crippen LogP contribution is 2.27. The summed E-state index contributed by atoms with van der Waals surface area (Å²) in [6.45, 7) is 2.47. The van der Waals surface area contributed by atoms with Crippen LogP contribution in [-0.2, 0) is 10.0 Å². The summed E-state index contributed by atoms with van der Waals surface area (Å²) in [4.78, 5) is 17.4. The second kappa shape index (κ2) is 9.04. The maximum absolute atomic E-state index is 13.0. The van der Waals surface area contributed by atoms with Crippen LogP contribution in [0.3, 0.4) is 0 Å². The van der Waals surface area contributed by atoms with Crippen molar-refractivity contribution in [1.82, 2.24) is 9.29 Å². The molecule has 3 aromatic carbocycles. The molecule has 0 bridgehead atoms. The Morgan fingerprint density at radius 1 is 1.00 bits per heavy atom. The minimum atomic E-state index is -3.57. The molecule has 1 aliphatic rings. The van der Waals surface area contributed by atoms with E-state index in [1.165, 1.54) is 12.1 Å². The molecular weight excluding hydrogens is 450 g/mol. The molecule has 4 aromatic rings. The molecule has 7 nitrogen and oxygen atoms in total. The molecule has 174 valence electrons. The number of para-hydroxylation sites is 2. The number of hydrogen-bond acceptors (Lipinski definition) is 5. The molecule has 1 amide bonds. The zero-order valence-electron chi connectivity index (χ0n) is 18.8. The van der Waals surface area contributed by atoms with Crippen LogP contribution < -0.4 is 5.32 Å². The van der Waals surface area contributed by atoms with Gasteiger partial charge in [0.25, 0.3) is 5.91 Å². The minimum Gasteiger partial charge on any atom is -0.436 e. The Hall–Kier alpha value is -3.49. The summed E-state index contributed by atoms with van der Waals surface area (Å²) in [5.74, 6) is 0.198. The summed E-state index contributed by atoms with van der Waals surface area (Å²) in [5, 5.41) is 2.84. The van der Waals surface area contributed by atoms with Crippen LogP contribution in [0.25, 0.3) is 22.6 Å². The largest absolute Gasteiger partial charge is 0.436 e. The van der Waals surface area contributed by atoms with Crippen molar-refractivity contribution in [3.05, 3.63) is 78.4 Å². The van der Waals surface area contributed by atoms with Gasteiger partial charge in [0, 0.05) is 29.4 Å². The smallest absolute Gasteiger partial charge is 0.255 e. The molecule has 0 radical (unpaired) electrons. The van der Waals surface area contributed by atoms with Crippen molar-refractivity contribution in [3.63, 3.8) is 0 Å². The summed E-state index contributed by atoms with van der Waals surface area (Å²) in [6.07, 6.45) is 2.78. The topological polar surface area (TPSA) is 92.5 Å². The van der Waals surface area contributed by atoms with Gasteiger partial charge in [-0.15, -0.1) is 0 Å². The number of piperidine rings is 1. The molecule has 1 fully saturated rings. The summed E-state index contributed by atoms with van der Waals surface area (Å²) in [5.41, 5.74) is 3.30. The van der Waals surface area contributed by atoms with Crippen molar-refractivity contribution in [2.45, 2.75) is 37.1 Å². The normalized spacial score (nSPS) is 17.0. The Balaban J connectivity index is 1.28. The fraction of sp³-hybridized carbons (Fsp3) is 0.231. The van der Waals surface area contributed by atoms with Crippen LogP contribution in [0.5, 0.6) is 0 Å². The lowest BCUT2D eigenvalue weighted by molar-refractivity contribution is 0.102. The summed E-state index contributed by atoms with van der Waals surface area (Å²) in [6, 6.07) is 20.8.